The van der Waals surface area contributed by atoms with Crippen molar-refractivity contribution in [1.82, 2.24) is 5.32 Å². The van der Waals surface area contributed by atoms with Gasteiger partial charge in [-0.1, -0.05) is 37.3 Å². The third kappa shape index (κ3) is 4.45. The largest absolute Gasteiger partial charge is 0.493 e. The Labute approximate surface area is 126 Å². The average Bonchev–Trinajstić information content (AvgIpc) is 2.48. The summed E-state index contributed by atoms with van der Waals surface area (Å²) in [6, 6.07) is 12.5. The van der Waals surface area contributed by atoms with Gasteiger partial charge in [0.15, 0.2) is 0 Å². The normalized spacial score (nSPS) is 12.5. The van der Waals surface area contributed by atoms with E-state index in [4.69, 9.17) is 4.74 Å². The van der Waals surface area contributed by atoms with E-state index in [-0.39, 0.29) is 6.10 Å². The van der Waals surface area contributed by atoms with Crippen molar-refractivity contribution in [2.24, 2.45) is 0 Å². The number of fused-ring (bicyclic) bond motifs is 1. The van der Waals surface area contributed by atoms with Crippen LogP contribution in [-0.4, -0.2) is 24.4 Å². The zero-order chi connectivity index (χ0) is 15.1. The van der Waals surface area contributed by atoms with Crippen LogP contribution < -0.4 is 10.1 Å². The van der Waals surface area contributed by atoms with E-state index in [9.17, 15) is 5.11 Å². The molecule has 0 heterocycles. The minimum atomic E-state index is -0.327. The molecule has 0 fully saturated rings. The van der Waals surface area contributed by atoms with Crippen LogP contribution >= 0.6 is 0 Å². The van der Waals surface area contributed by atoms with Gasteiger partial charge in [-0.3, -0.25) is 0 Å². The monoisotopic (exact) mass is 287 g/mol. The molecule has 3 heteroatoms. The maximum atomic E-state index is 9.35. The van der Waals surface area contributed by atoms with Crippen molar-refractivity contribution >= 4 is 10.8 Å². The summed E-state index contributed by atoms with van der Waals surface area (Å²) in [7, 11) is 0. The van der Waals surface area contributed by atoms with Crippen molar-refractivity contribution in [2.45, 2.75) is 39.3 Å². The lowest BCUT2D eigenvalue weighted by Crippen LogP contribution is -2.15. The number of nitrogens with one attached hydrogen (secondary N) is 1. The summed E-state index contributed by atoms with van der Waals surface area (Å²) in [5, 5.41) is 15.3. The molecule has 0 amide bonds. The molecule has 0 aliphatic rings. The summed E-state index contributed by atoms with van der Waals surface area (Å²) in [5.74, 6) is 0.915. The summed E-state index contributed by atoms with van der Waals surface area (Å²) in [5.41, 5.74) is 1.20. The topological polar surface area (TPSA) is 41.5 Å². The standard InChI is InChI=1S/C18H25NO2/c1-3-11-19-13-17-16-7-5-4-6-15(16)8-9-18(17)21-12-10-14(2)20/h4-9,14,19-20H,3,10-13H2,1-2H3. The Kier molecular flexibility index (Phi) is 6.03. The first-order valence-corrected chi connectivity index (χ1v) is 7.74. The van der Waals surface area contributed by atoms with Gasteiger partial charge in [-0.25, -0.2) is 0 Å². The van der Waals surface area contributed by atoms with E-state index in [1.165, 1.54) is 16.3 Å². The van der Waals surface area contributed by atoms with E-state index in [0.29, 0.717) is 13.0 Å². The highest BCUT2D eigenvalue weighted by atomic mass is 16.5. The Balaban J connectivity index is 2.22. The third-order valence-electron chi connectivity index (χ3n) is 3.52. The Morgan fingerprint density at radius 1 is 1.19 bits per heavy atom. The van der Waals surface area contributed by atoms with Crippen LogP contribution in [-0.2, 0) is 6.54 Å². The zero-order valence-corrected chi connectivity index (χ0v) is 12.9. The van der Waals surface area contributed by atoms with E-state index in [2.05, 4.69) is 42.6 Å². The summed E-state index contributed by atoms with van der Waals surface area (Å²) in [4.78, 5) is 0. The summed E-state index contributed by atoms with van der Waals surface area (Å²) in [6.07, 6.45) is 1.43. The van der Waals surface area contributed by atoms with Gasteiger partial charge in [0.2, 0.25) is 0 Å². The molecule has 2 N–H and O–H groups in total. The lowest BCUT2D eigenvalue weighted by Gasteiger charge is -2.15. The maximum Gasteiger partial charge on any atom is 0.124 e. The fraction of sp³-hybridized carbons (Fsp3) is 0.444. The van der Waals surface area contributed by atoms with Gasteiger partial charge < -0.3 is 15.2 Å². The second-order valence-corrected chi connectivity index (χ2v) is 5.43. The van der Waals surface area contributed by atoms with Crippen LogP contribution in [0.25, 0.3) is 10.8 Å². The Morgan fingerprint density at radius 3 is 2.76 bits per heavy atom. The molecule has 0 radical (unpaired) electrons. The lowest BCUT2D eigenvalue weighted by atomic mass is 10.0. The molecule has 2 aromatic rings. The molecule has 1 atom stereocenters. The van der Waals surface area contributed by atoms with Gasteiger partial charge in [0.05, 0.1) is 12.7 Å². The molecule has 1 unspecified atom stereocenters. The number of aliphatic hydroxyl groups is 1. The first-order chi connectivity index (χ1) is 10.2. The predicted octanol–water partition coefficient (Wildman–Crippen LogP) is 3.49. The minimum absolute atomic E-state index is 0.327. The molecule has 0 aliphatic carbocycles. The molecule has 0 aromatic heterocycles. The van der Waals surface area contributed by atoms with E-state index in [1.54, 1.807) is 6.92 Å². The van der Waals surface area contributed by atoms with Crippen LogP contribution in [0.3, 0.4) is 0 Å². The van der Waals surface area contributed by atoms with Gasteiger partial charge in [-0.05, 0) is 36.7 Å². The van der Waals surface area contributed by atoms with Crippen LogP contribution in [0.5, 0.6) is 5.75 Å². The molecule has 0 spiro atoms. The van der Waals surface area contributed by atoms with Gasteiger partial charge in [-0.15, -0.1) is 0 Å². The van der Waals surface area contributed by atoms with Crippen LogP contribution in [0, 0.1) is 0 Å². The molecule has 0 aliphatic heterocycles. The Hall–Kier alpha value is -1.58. The highest BCUT2D eigenvalue weighted by Gasteiger charge is 2.09. The molecule has 114 valence electrons. The van der Waals surface area contributed by atoms with Gasteiger partial charge in [0.25, 0.3) is 0 Å². The van der Waals surface area contributed by atoms with E-state index in [0.717, 1.165) is 25.3 Å². The number of hydrogen-bond acceptors (Lipinski definition) is 3. The van der Waals surface area contributed by atoms with Gasteiger partial charge in [0.1, 0.15) is 5.75 Å². The first kappa shape index (κ1) is 15.8. The smallest absolute Gasteiger partial charge is 0.124 e. The van der Waals surface area contributed by atoms with Crippen LogP contribution in [0.1, 0.15) is 32.3 Å². The second-order valence-electron chi connectivity index (χ2n) is 5.43. The maximum absolute atomic E-state index is 9.35. The number of rotatable bonds is 8. The molecule has 0 bridgehead atoms. The molecule has 3 nitrogen and oxygen atoms in total. The molecule has 0 saturated carbocycles. The lowest BCUT2D eigenvalue weighted by molar-refractivity contribution is 0.155. The Morgan fingerprint density at radius 2 is 2.00 bits per heavy atom. The molecule has 21 heavy (non-hydrogen) atoms. The highest BCUT2D eigenvalue weighted by Crippen LogP contribution is 2.28. The molecule has 2 aromatic carbocycles. The quantitative estimate of drug-likeness (QED) is 0.730. The van der Waals surface area contributed by atoms with Crippen molar-refractivity contribution in [3.63, 3.8) is 0 Å². The number of hydrogen-bond donors (Lipinski definition) is 2. The fourth-order valence-corrected chi connectivity index (χ4v) is 2.36. The zero-order valence-electron chi connectivity index (χ0n) is 12.9. The fourth-order valence-electron chi connectivity index (χ4n) is 2.36. The second kappa shape index (κ2) is 8.01. The number of benzene rings is 2. The summed E-state index contributed by atoms with van der Waals surface area (Å²) in [6.45, 7) is 6.29. The van der Waals surface area contributed by atoms with Gasteiger partial charge in [0, 0.05) is 18.5 Å². The SMILES string of the molecule is CCCNCc1c(OCCC(C)O)ccc2ccccc12. The molecule has 2 rings (SSSR count). The van der Waals surface area contributed by atoms with Crippen LogP contribution in [0.2, 0.25) is 0 Å². The number of ether oxygens (including phenoxy) is 1. The van der Waals surface area contributed by atoms with Crippen LogP contribution in [0.4, 0.5) is 0 Å². The van der Waals surface area contributed by atoms with Crippen molar-refractivity contribution < 1.29 is 9.84 Å². The third-order valence-corrected chi connectivity index (χ3v) is 3.52. The molecular weight excluding hydrogens is 262 g/mol. The van der Waals surface area contributed by atoms with Crippen molar-refractivity contribution in [3.05, 3.63) is 42.0 Å². The molecular formula is C18H25NO2. The predicted molar refractivity (Wildman–Crippen MR) is 87.7 cm³/mol. The minimum Gasteiger partial charge on any atom is -0.493 e. The van der Waals surface area contributed by atoms with Crippen molar-refractivity contribution in [1.29, 1.82) is 0 Å². The van der Waals surface area contributed by atoms with Crippen molar-refractivity contribution in [3.8, 4) is 5.75 Å². The van der Waals surface area contributed by atoms with Gasteiger partial charge >= 0.3 is 0 Å². The average molecular weight is 287 g/mol. The van der Waals surface area contributed by atoms with Crippen molar-refractivity contribution in [2.75, 3.05) is 13.2 Å². The Bertz CT molecular complexity index is 566. The summed E-state index contributed by atoms with van der Waals surface area (Å²) >= 11 is 0. The highest BCUT2D eigenvalue weighted by molar-refractivity contribution is 5.87. The van der Waals surface area contributed by atoms with E-state index in [1.807, 2.05) is 6.07 Å². The first-order valence-electron chi connectivity index (χ1n) is 7.74. The van der Waals surface area contributed by atoms with Crippen LogP contribution in [0.15, 0.2) is 36.4 Å². The van der Waals surface area contributed by atoms with E-state index < -0.39 is 0 Å². The van der Waals surface area contributed by atoms with Gasteiger partial charge in [-0.2, -0.15) is 0 Å². The number of aliphatic hydroxyl groups excluding tert-OH is 1. The molecule has 0 saturated heterocycles. The summed E-state index contributed by atoms with van der Waals surface area (Å²) < 4.78 is 5.89. The van der Waals surface area contributed by atoms with E-state index >= 15 is 0 Å².